The van der Waals surface area contributed by atoms with Crippen LogP contribution in [0, 0.1) is 5.82 Å². The summed E-state index contributed by atoms with van der Waals surface area (Å²) in [6.45, 7) is 0.766. The molecule has 0 radical (unpaired) electrons. The molecular formula is C10H9BrFN. The molecule has 1 aliphatic rings. The summed E-state index contributed by atoms with van der Waals surface area (Å²) < 4.78 is 14.2. The summed E-state index contributed by atoms with van der Waals surface area (Å²) in [5.74, 6) is -0.159. The number of rotatable bonds is 0. The number of hydrogen-bond acceptors (Lipinski definition) is 1. The first-order chi connectivity index (χ1) is 6.16. The summed E-state index contributed by atoms with van der Waals surface area (Å²) in [5, 5.41) is 0. The van der Waals surface area contributed by atoms with Gasteiger partial charge in [0.1, 0.15) is 5.82 Å². The van der Waals surface area contributed by atoms with Gasteiger partial charge in [-0.1, -0.05) is 15.9 Å². The molecule has 2 rings (SSSR count). The Bertz CT molecular complexity index is 373. The largest absolute Gasteiger partial charge is 0.376 e. The van der Waals surface area contributed by atoms with Gasteiger partial charge in [-0.15, -0.1) is 0 Å². The van der Waals surface area contributed by atoms with Crippen LogP contribution in [-0.2, 0) is 6.54 Å². The van der Waals surface area contributed by atoms with Crippen LogP contribution in [0.5, 0.6) is 0 Å². The minimum atomic E-state index is -0.159. The zero-order valence-electron chi connectivity index (χ0n) is 7.22. The van der Waals surface area contributed by atoms with Gasteiger partial charge in [-0.2, -0.15) is 0 Å². The highest BCUT2D eigenvalue weighted by atomic mass is 79.9. The van der Waals surface area contributed by atoms with E-state index in [0.29, 0.717) is 5.56 Å². The maximum Gasteiger partial charge on any atom is 0.131 e. The molecule has 0 bridgehead atoms. The van der Waals surface area contributed by atoms with Crippen molar-refractivity contribution in [1.82, 2.24) is 4.90 Å². The zero-order chi connectivity index (χ0) is 9.42. The van der Waals surface area contributed by atoms with Crippen molar-refractivity contribution in [2.45, 2.75) is 6.54 Å². The highest BCUT2D eigenvalue weighted by Crippen LogP contribution is 2.25. The van der Waals surface area contributed by atoms with Crippen LogP contribution in [0.25, 0.3) is 6.08 Å². The minimum Gasteiger partial charge on any atom is -0.376 e. The smallest absolute Gasteiger partial charge is 0.131 e. The van der Waals surface area contributed by atoms with Crippen molar-refractivity contribution >= 4 is 22.0 Å². The van der Waals surface area contributed by atoms with E-state index in [4.69, 9.17) is 0 Å². The van der Waals surface area contributed by atoms with Gasteiger partial charge in [0.25, 0.3) is 0 Å². The second-order valence-electron chi connectivity index (χ2n) is 3.19. The molecule has 0 N–H and O–H groups in total. The van der Waals surface area contributed by atoms with Gasteiger partial charge >= 0.3 is 0 Å². The molecule has 0 saturated carbocycles. The first-order valence-corrected chi connectivity index (χ1v) is 4.82. The summed E-state index contributed by atoms with van der Waals surface area (Å²) in [6.07, 6.45) is 3.69. The van der Waals surface area contributed by atoms with E-state index in [1.165, 1.54) is 6.07 Å². The van der Waals surface area contributed by atoms with Gasteiger partial charge in [-0.3, -0.25) is 0 Å². The van der Waals surface area contributed by atoms with Crippen LogP contribution in [0.15, 0.2) is 22.8 Å². The third-order valence-electron chi connectivity index (χ3n) is 2.10. The second kappa shape index (κ2) is 3.14. The van der Waals surface area contributed by atoms with Crippen molar-refractivity contribution in [3.8, 4) is 0 Å². The molecule has 0 aliphatic carbocycles. The second-order valence-corrected chi connectivity index (χ2v) is 4.11. The van der Waals surface area contributed by atoms with Crippen LogP contribution in [0.2, 0.25) is 0 Å². The van der Waals surface area contributed by atoms with Crippen LogP contribution in [0.4, 0.5) is 4.39 Å². The Morgan fingerprint density at radius 2 is 2.23 bits per heavy atom. The Morgan fingerprint density at radius 1 is 1.46 bits per heavy atom. The van der Waals surface area contributed by atoms with Crippen molar-refractivity contribution in [1.29, 1.82) is 0 Å². The maximum absolute atomic E-state index is 13.4. The molecular weight excluding hydrogens is 233 g/mol. The highest BCUT2D eigenvalue weighted by molar-refractivity contribution is 9.10. The first-order valence-electron chi connectivity index (χ1n) is 4.03. The molecule has 1 heterocycles. The van der Waals surface area contributed by atoms with Gasteiger partial charge in [0.05, 0.1) is 0 Å². The SMILES string of the molecule is CN1C=Cc2c(F)cc(Br)cc2C1. The monoisotopic (exact) mass is 241 g/mol. The molecule has 1 aliphatic heterocycles. The van der Waals surface area contributed by atoms with E-state index in [1.54, 1.807) is 6.08 Å². The molecule has 0 aromatic heterocycles. The van der Waals surface area contributed by atoms with Gasteiger partial charge in [-0.05, 0) is 30.0 Å². The number of nitrogens with zero attached hydrogens (tertiary/aromatic N) is 1. The fourth-order valence-corrected chi connectivity index (χ4v) is 1.96. The molecule has 0 unspecified atom stereocenters. The lowest BCUT2D eigenvalue weighted by Crippen LogP contribution is -2.15. The molecule has 13 heavy (non-hydrogen) atoms. The Balaban J connectivity index is 2.56. The zero-order valence-corrected chi connectivity index (χ0v) is 8.81. The fourth-order valence-electron chi connectivity index (χ4n) is 1.48. The molecule has 3 heteroatoms. The minimum absolute atomic E-state index is 0.159. The van der Waals surface area contributed by atoms with E-state index in [-0.39, 0.29) is 5.82 Å². The molecule has 1 aromatic rings. The van der Waals surface area contributed by atoms with Crippen molar-refractivity contribution in [3.05, 3.63) is 39.7 Å². The van der Waals surface area contributed by atoms with Crippen molar-refractivity contribution in [3.63, 3.8) is 0 Å². The van der Waals surface area contributed by atoms with Crippen molar-refractivity contribution < 1.29 is 4.39 Å². The molecule has 1 nitrogen and oxygen atoms in total. The lowest BCUT2D eigenvalue weighted by atomic mass is 10.0. The van der Waals surface area contributed by atoms with Crippen LogP contribution >= 0.6 is 15.9 Å². The standard InChI is InChI=1S/C10H9BrFN/c1-13-3-2-9-7(6-13)4-8(11)5-10(9)12/h2-5H,6H2,1H3. The molecule has 0 saturated heterocycles. The van der Waals surface area contributed by atoms with E-state index >= 15 is 0 Å². The van der Waals surface area contributed by atoms with E-state index in [2.05, 4.69) is 15.9 Å². The summed E-state index contributed by atoms with van der Waals surface area (Å²) in [7, 11) is 1.97. The van der Waals surface area contributed by atoms with E-state index in [9.17, 15) is 4.39 Å². The normalized spacial score (nSPS) is 14.5. The summed E-state index contributed by atoms with van der Waals surface area (Å²) >= 11 is 3.28. The Hall–Kier alpha value is -0.830. The highest BCUT2D eigenvalue weighted by Gasteiger charge is 2.12. The Kier molecular flexibility index (Phi) is 2.12. The van der Waals surface area contributed by atoms with E-state index in [0.717, 1.165) is 16.6 Å². The summed E-state index contributed by atoms with van der Waals surface area (Å²) in [4.78, 5) is 2.02. The predicted octanol–water partition coefficient (Wildman–Crippen LogP) is 3.00. The van der Waals surface area contributed by atoms with Crippen LogP contribution in [0.1, 0.15) is 11.1 Å². The maximum atomic E-state index is 13.4. The van der Waals surface area contributed by atoms with Crippen LogP contribution in [-0.4, -0.2) is 11.9 Å². The number of benzene rings is 1. The fraction of sp³-hybridized carbons (Fsp3) is 0.200. The van der Waals surface area contributed by atoms with Crippen molar-refractivity contribution in [2.75, 3.05) is 7.05 Å². The van der Waals surface area contributed by atoms with Gasteiger partial charge in [0.15, 0.2) is 0 Å². The average Bonchev–Trinajstić information content (AvgIpc) is 2.02. The quantitative estimate of drug-likeness (QED) is 0.675. The number of hydrogen-bond donors (Lipinski definition) is 0. The molecule has 0 spiro atoms. The lowest BCUT2D eigenvalue weighted by Gasteiger charge is -2.21. The molecule has 0 amide bonds. The Morgan fingerprint density at radius 3 is 3.00 bits per heavy atom. The topological polar surface area (TPSA) is 3.24 Å². The third kappa shape index (κ3) is 1.61. The van der Waals surface area contributed by atoms with Crippen LogP contribution in [0.3, 0.4) is 0 Å². The van der Waals surface area contributed by atoms with Crippen molar-refractivity contribution in [2.24, 2.45) is 0 Å². The Labute approximate surface area is 85.0 Å². The summed E-state index contributed by atoms with van der Waals surface area (Å²) in [5.41, 5.74) is 1.73. The molecule has 0 atom stereocenters. The molecule has 0 fully saturated rings. The predicted molar refractivity (Wildman–Crippen MR) is 54.6 cm³/mol. The van der Waals surface area contributed by atoms with E-state index in [1.807, 2.05) is 24.2 Å². The van der Waals surface area contributed by atoms with Gasteiger partial charge in [-0.25, -0.2) is 4.39 Å². The molecule has 1 aromatic carbocycles. The van der Waals surface area contributed by atoms with E-state index < -0.39 is 0 Å². The average molecular weight is 242 g/mol. The number of halogens is 2. The number of fused-ring (bicyclic) bond motifs is 1. The van der Waals surface area contributed by atoms with Gasteiger partial charge < -0.3 is 4.90 Å². The van der Waals surface area contributed by atoms with Gasteiger partial charge in [0, 0.05) is 23.6 Å². The first kappa shape index (κ1) is 8.75. The third-order valence-corrected chi connectivity index (χ3v) is 2.55. The summed E-state index contributed by atoms with van der Waals surface area (Å²) in [6, 6.07) is 3.45. The van der Waals surface area contributed by atoms with Crippen LogP contribution < -0.4 is 0 Å². The molecule has 68 valence electrons. The lowest BCUT2D eigenvalue weighted by molar-refractivity contribution is 0.444. The van der Waals surface area contributed by atoms with Gasteiger partial charge in [0.2, 0.25) is 0 Å².